The fraction of sp³-hybridized carbons (Fsp3) is 0.938. The molecule has 2 aliphatic carbocycles. The molecule has 0 radical (unpaired) electrons. The summed E-state index contributed by atoms with van der Waals surface area (Å²) < 4.78 is 0. The quantitative estimate of drug-likeness (QED) is 0.770. The van der Waals surface area contributed by atoms with Crippen molar-refractivity contribution in [2.45, 2.75) is 51.6 Å². The first kappa shape index (κ1) is 22.0. The zero-order valence-corrected chi connectivity index (χ0v) is 15.9. The van der Waals surface area contributed by atoms with E-state index in [0.717, 1.165) is 13.0 Å². The summed E-state index contributed by atoms with van der Waals surface area (Å²) in [5.74, 6) is 2.04. The summed E-state index contributed by atoms with van der Waals surface area (Å²) in [5, 5.41) is 3.17. The number of halogens is 2. The molecule has 132 valence electrons. The van der Waals surface area contributed by atoms with Gasteiger partial charge < -0.3 is 16.0 Å². The van der Waals surface area contributed by atoms with Crippen LogP contribution in [-0.2, 0) is 4.79 Å². The van der Waals surface area contributed by atoms with Gasteiger partial charge in [-0.3, -0.25) is 4.79 Å². The molecule has 0 spiro atoms. The van der Waals surface area contributed by atoms with Crippen LogP contribution in [0.3, 0.4) is 0 Å². The molecule has 1 amide bonds. The van der Waals surface area contributed by atoms with Crippen LogP contribution in [0.1, 0.15) is 39.5 Å². The van der Waals surface area contributed by atoms with Crippen LogP contribution in [0.25, 0.3) is 0 Å². The molecule has 3 N–H and O–H groups in total. The van der Waals surface area contributed by atoms with Crippen molar-refractivity contribution in [1.82, 2.24) is 10.2 Å². The van der Waals surface area contributed by atoms with Crippen molar-refractivity contribution in [2.75, 3.05) is 20.6 Å². The van der Waals surface area contributed by atoms with Crippen LogP contribution in [-0.4, -0.2) is 43.5 Å². The molecule has 0 aromatic carbocycles. The summed E-state index contributed by atoms with van der Waals surface area (Å²) in [4.78, 5) is 14.7. The van der Waals surface area contributed by atoms with Gasteiger partial charge in [-0.05, 0) is 57.5 Å². The number of nitrogens with zero attached hydrogens (tertiary/aromatic N) is 1. The topological polar surface area (TPSA) is 58.4 Å². The van der Waals surface area contributed by atoms with Crippen molar-refractivity contribution >= 4 is 30.7 Å². The van der Waals surface area contributed by atoms with E-state index in [-0.39, 0.29) is 42.7 Å². The number of fused-ring (bicyclic) bond motifs is 2. The summed E-state index contributed by atoms with van der Waals surface area (Å²) in [6, 6.07) is 0.505. The number of nitrogens with two attached hydrogens (primary N) is 1. The van der Waals surface area contributed by atoms with E-state index < -0.39 is 0 Å². The number of carbonyl (C=O) groups is 1. The smallest absolute Gasteiger partial charge is 0.225 e. The summed E-state index contributed by atoms with van der Waals surface area (Å²) in [5.41, 5.74) is 6.24. The van der Waals surface area contributed by atoms with Crippen LogP contribution < -0.4 is 11.1 Å². The minimum absolute atomic E-state index is 0. The minimum Gasteiger partial charge on any atom is -0.354 e. The maximum Gasteiger partial charge on any atom is 0.225 e. The molecule has 6 heteroatoms. The lowest BCUT2D eigenvalue weighted by Gasteiger charge is -2.30. The third kappa shape index (κ3) is 4.98. The Morgan fingerprint density at radius 2 is 1.82 bits per heavy atom. The van der Waals surface area contributed by atoms with Crippen LogP contribution in [0.4, 0.5) is 0 Å². The molecule has 2 aliphatic rings. The summed E-state index contributed by atoms with van der Waals surface area (Å²) in [6.07, 6.45) is 4.70. The number of carbonyl (C=O) groups excluding carboxylic acids is 1. The fourth-order valence-corrected chi connectivity index (χ4v) is 4.08. The van der Waals surface area contributed by atoms with Gasteiger partial charge in [-0.2, -0.15) is 0 Å². The molecule has 2 rings (SSSR count). The standard InChI is InChI=1S/C16H31N3O.2ClH/c1-10(2)7-13(19(3)4)9-18-16(20)14-11-5-6-12(8-11)15(14)17;;/h10-15H,5-9,17H2,1-4H3,(H,18,20);2*1H. The summed E-state index contributed by atoms with van der Waals surface area (Å²) in [6.45, 7) is 5.19. The molecule has 22 heavy (non-hydrogen) atoms. The number of likely N-dealkylation sites (N-methyl/N-ethyl adjacent to an activating group) is 1. The van der Waals surface area contributed by atoms with E-state index in [1.165, 1.54) is 19.3 Å². The molecular formula is C16H33Cl2N3O. The normalized spacial score (nSPS) is 30.9. The fourth-order valence-electron chi connectivity index (χ4n) is 4.08. The molecule has 0 aromatic rings. The lowest BCUT2D eigenvalue weighted by Crippen LogP contribution is -2.48. The van der Waals surface area contributed by atoms with E-state index >= 15 is 0 Å². The van der Waals surface area contributed by atoms with Crippen molar-refractivity contribution < 1.29 is 4.79 Å². The van der Waals surface area contributed by atoms with E-state index in [2.05, 4.69) is 38.2 Å². The van der Waals surface area contributed by atoms with Crippen molar-refractivity contribution in [3.63, 3.8) is 0 Å². The predicted octanol–water partition coefficient (Wildman–Crippen LogP) is 2.30. The van der Waals surface area contributed by atoms with Gasteiger partial charge in [0.1, 0.15) is 0 Å². The molecule has 0 saturated heterocycles. The number of nitrogens with one attached hydrogen (secondary N) is 1. The number of hydrogen-bond donors (Lipinski definition) is 2. The summed E-state index contributed by atoms with van der Waals surface area (Å²) in [7, 11) is 4.17. The van der Waals surface area contributed by atoms with Gasteiger partial charge in [-0.1, -0.05) is 13.8 Å². The van der Waals surface area contributed by atoms with Crippen LogP contribution in [0, 0.1) is 23.7 Å². The second-order valence-corrected chi connectivity index (χ2v) is 7.43. The first-order chi connectivity index (χ1) is 9.40. The average Bonchev–Trinajstić information content (AvgIpc) is 2.93. The third-order valence-electron chi connectivity index (χ3n) is 5.27. The van der Waals surface area contributed by atoms with Crippen LogP contribution in [0.2, 0.25) is 0 Å². The highest BCUT2D eigenvalue weighted by atomic mass is 35.5. The Bertz CT molecular complexity index is 350. The lowest BCUT2D eigenvalue weighted by atomic mass is 9.84. The maximum atomic E-state index is 12.4. The highest BCUT2D eigenvalue weighted by Crippen LogP contribution is 2.47. The Kier molecular flexibility index (Phi) is 9.30. The Morgan fingerprint density at radius 3 is 2.27 bits per heavy atom. The third-order valence-corrected chi connectivity index (χ3v) is 5.27. The van der Waals surface area contributed by atoms with Crippen LogP contribution in [0.15, 0.2) is 0 Å². The van der Waals surface area contributed by atoms with Crippen molar-refractivity contribution in [1.29, 1.82) is 0 Å². The molecule has 2 saturated carbocycles. The van der Waals surface area contributed by atoms with Crippen molar-refractivity contribution in [3.05, 3.63) is 0 Å². The van der Waals surface area contributed by atoms with E-state index in [4.69, 9.17) is 5.73 Å². The Morgan fingerprint density at radius 1 is 1.23 bits per heavy atom. The Labute approximate surface area is 147 Å². The molecular weight excluding hydrogens is 321 g/mol. The second-order valence-electron chi connectivity index (χ2n) is 7.43. The zero-order chi connectivity index (χ0) is 14.9. The van der Waals surface area contributed by atoms with Gasteiger partial charge in [-0.15, -0.1) is 24.8 Å². The largest absolute Gasteiger partial charge is 0.354 e. The van der Waals surface area contributed by atoms with Gasteiger partial charge >= 0.3 is 0 Å². The van der Waals surface area contributed by atoms with E-state index in [1.54, 1.807) is 0 Å². The predicted molar refractivity (Wildman–Crippen MR) is 96.7 cm³/mol. The van der Waals surface area contributed by atoms with E-state index in [1.807, 2.05) is 0 Å². The number of rotatable bonds is 6. The highest BCUT2D eigenvalue weighted by Gasteiger charge is 2.48. The van der Waals surface area contributed by atoms with Crippen molar-refractivity contribution in [3.8, 4) is 0 Å². The van der Waals surface area contributed by atoms with Gasteiger partial charge in [0.05, 0.1) is 5.92 Å². The number of hydrogen-bond acceptors (Lipinski definition) is 3. The second kappa shape index (κ2) is 9.31. The highest BCUT2D eigenvalue weighted by molar-refractivity contribution is 5.85. The Hall–Kier alpha value is -0.0300. The van der Waals surface area contributed by atoms with Crippen molar-refractivity contribution in [2.24, 2.45) is 29.4 Å². The monoisotopic (exact) mass is 353 g/mol. The van der Waals surface area contributed by atoms with Crippen LogP contribution >= 0.6 is 24.8 Å². The van der Waals surface area contributed by atoms with Crippen LogP contribution in [0.5, 0.6) is 0 Å². The van der Waals surface area contributed by atoms with Gasteiger partial charge in [0.2, 0.25) is 5.91 Å². The molecule has 0 aliphatic heterocycles. The molecule has 2 fully saturated rings. The van der Waals surface area contributed by atoms with Gasteiger partial charge in [0, 0.05) is 18.6 Å². The lowest BCUT2D eigenvalue weighted by molar-refractivity contribution is -0.127. The molecule has 5 unspecified atom stereocenters. The summed E-state index contributed by atoms with van der Waals surface area (Å²) >= 11 is 0. The molecule has 2 bridgehead atoms. The van der Waals surface area contributed by atoms with Gasteiger partial charge in [-0.25, -0.2) is 0 Å². The molecule has 0 aromatic heterocycles. The molecule has 5 atom stereocenters. The minimum atomic E-state index is 0. The maximum absolute atomic E-state index is 12.4. The molecule has 4 nitrogen and oxygen atoms in total. The number of amides is 1. The van der Waals surface area contributed by atoms with E-state index in [0.29, 0.717) is 23.8 Å². The van der Waals surface area contributed by atoms with Gasteiger partial charge in [0.15, 0.2) is 0 Å². The zero-order valence-electron chi connectivity index (χ0n) is 14.2. The Balaban J connectivity index is 0.00000220. The average molecular weight is 354 g/mol. The first-order valence-electron chi connectivity index (χ1n) is 8.09. The van der Waals surface area contributed by atoms with Gasteiger partial charge in [0.25, 0.3) is 0 Å². The molecule has 0 heterocycles. The SMILES string of the molecule is CC(C)CC(CNC(=O)C1C2CCC(C2)C1N)N(C)C.Cl.Cl. The van der Waals surface area contributed by atoms with E-state index in [9.17, 15) is 4.79 Å². The first-order valence-corrected chi connectivity index (χ1v) is 8.09.